The van der Waals surface area contributed by atoms with Crippen molar-refractivity contribution in [3.8, 4) is 0 Å². The SMILES string of the molecule is CCN1C(=CC2=CC(=CC3Sc4ccccc4N3CC)Cc3cc[nH]c32)Sc2ccccc21. The fourth-order valence-corrected chi connectivity index (χ4v) is 7.52. The first-order chi connectivity index (χ1) is 16.2. The molecule has 1 aromatic heterocycles. The Morgan fingerprint density at radius 1 is 0.970 bits per heavy atom. The van der Waals surface area contributed by atoms with Gasteiger partial charge in [-0.25, -0.2) is 0 Å². The van der Waals surface area contributed by atoms with Crippen LogP contribution < -0.4 is 9.80 Å². The third kappa shape index (κ3) is 3.64. The van der Waals surface area contributed by atoms with Crippen LogP contribution in [0, 0.1) is 0 Å². The number of benzene rings is 2. The van der Waals surface area contributed by atoms with Crippen LogP contribution in [-0.4, -0.2) is 23.4 Å². The van der Waals surface area contributed by atoms with Crippen LogP contribution in [0.5, 0.6) is 0 Å². The Hall–Kier alpha value is -2.76. The number of H-pyrrole nitrogens is 1. The lowest BCUT2D eigenvalue weighted by molar-refractivity contribution is 0.872. The third-order valence-corrected chi connectivity index (χ3v) is 8.86. The van der Waals surface area contributed by atoms with Crippen molar-refractivity contribution >= 4 is 40.5 Å². The van der Waals surface area contributed by atoms with Gasteiger partial charge >= 0.3 is 0 Å². The Bertz CT molecular complexity index is 1300. The predicted octanol–water partition coefficient (Wildman–Crippen LogP) is 7.31. The molecule has 33 heavy (non-hydrogen) atoms. The second-order valence-corrected chi connectivity index (χ2v) is 10.7. The monoisotopic (exact) mass is 469 g/mol. The van der Waals surface area contributed by atoms with Crippen molar-refractivity contribution in [3.63, 3.8) is 0 Å². The first-order valence-corrected chi connectivity index (χ1v) is 13.3. The Balaban J connectivity index is 1.36. The van der Waals surface area contributed by atoms with Gasteiger partial charge in [-0.15, -0.1) is 0 Å². The summed E-state index contributed by atoms with van der Waals surface area (Å²) < 4.78 is 0. The van der Waals surface area contributed by atoms with E-state index in [0.717, 1.165) is 19.5 Å². The lowest BCUT2D eigenvalue weighted by atomic mass is 9.93. The van der Waals surface area contributed by atoms with E-state index in [9.17, 15) is 0 Å². The van der Waals surface area contributed by atoms with E-state index >= 15 is 0 Å². The van der Waals surface area contributed by atoms with Crippen LogP contribution in [0.2, 0.25) is 0 Å². The van der Waals surface area contributed by atoms with Gasteiger partial charge in [0.25, 0.3) is 0 Å². The third-order valence-electron chi connectivity index (χ3n) is 6.52. The van der Waals surface area contributed by atoms with Crippen molar-refractivity contribution in [1.29, 1.82) is 0 Å². The highest BCUT2D eigenvalue weighted by Crippen LogP contribution is 2.47. The number of anilines is 2. The van der Waals surface area contributed by atoms with Crippen LogP contribution in [0.15, 0.2) is 99.4 Å². The molecular weight excluding hydrogens is 442 g/mol. The molecule has 0 bridgehead atoms. The molecule has 0 spiro atoms. The maximum absolute atomic E-state index is 3.50. The summed E-state index contributed by atoms with van der Waals surface area (Å²) in [6.07, 6.45) is 10.3. The maximum Gasteiger partial charge on any atom is 0.0988 e. The number of nitrogens with zero attached hydrogens (tertiary/aromatic N) is 2. The van der Waals surface area contributed by atoms with E-state index in [4.69, 9.17) is 0 Å². The maximum atomic E-state index is 3.50. The largest absolute Gasteiger partial charge is 0.361 e. The normalized spacial score (nSPS) is 21.4. The minimum Gasteiger partial charge on any atom is -0.361 e. The highest BCUT2D eigenvalue weighted by molar-refractivity contribution is 8.03. The molecule has 2 aromatic carbocycles. The molecular formula is C28H27N3S2. The average Bonchev–Trinajstić information content (AvgIpc) is 3.53. The molecule has 3 heterocycles. The smallest absolute Gasteiger partial charge is 0.0988 e. The topological polar surface area (TPSA) is 22.3 Å². The molecule has 1 atom stereocenters. The number of aromatic amines is 1. The van der Waals surface area contributed by atoms with Crippen molar-refractivity contribution in [1.82, 2.24) is 4.98 Å². The molecule has 6 rings (SSSR count). The zero-order valence-electron chi connectivity index (χ0n) is 18.9. The molecule has 2 aliphatic heterocycles. The van der Waals surface area contributed by atoms with Crippen molar-refractivity contribution in [3.05, 3.63) is 101 Å². The average molecular weight is 470 g/mol. The minimum absolute atomic E-state index is 0.338. The van der Waals surface area contributed by atoms with Gasteiger partial charge in [-0.3, -0.25) is 0 Å². The van der Waals surface area contributed by atoms with E-state index in [1.165, 1.54) is 48.6 Å². The summed E-state index contributed by atoms with van der Waals surface area (Å²) in [5, 5.41) is 1.63. The van der Waals surface area contributed by atoms with Crippen molar-refractivity contribution in [2.45, 2.75) is 35.4 Å². The Morgan fingerprint density at radius 3 is 2.58 bits per heavy atom. The molecule has 0 radical (unpaired) electrons. The molecule has 0 saturated carbocycles. The molecule has 0 saturated heterocycles. The van der Waals surface area contributed by atoms with E-state index < -0.39 is 0 Å². The van der Waals surface area contributed by atoms with Crippen LogP contribution in [0.25, 0.3) is 5.57 Å². The van der Waals surface area contributed by atoms with E-state index in [1.807, 2.05) is 23.5 Å². The number of hydrogen-bond donors (Lipinski definition) is 1. The quantitative estimate of drug-likeness (QED) is 0.432. The molecule has 5 heteroatoms. The molecule has 1 N–H and O–H groups in total. The number of hydrogen-bond acceptors (Lipinski definition) is 4. The summed E-state index contributed by atoms with van der Waals surface area (Å²) in [5.74, 6) is 0. The van der Waals surface area contributed by atoms with E-state index in [1.54, 1.807) is 0 Å². The number of allylic oxidation sites excluding steroid dienone is 4. The molecule has 166 valence electrons. The number of rotatable bonds is 4. The summed E-state index contributed by atoms with van der Waals surface area (Å²) in [5.41, 5.74) is 7.96. The fourth-order valence-electron chi connectivity index (χ4n) is 4.98. The van der Waals surface area contributed by atoms with Gasteiger partial charge < -0.3 is 14.8 Å². The van der Waals surface area contributed by atoms with Crippen molar-refractivity contribution in [2.24, 2.45) is 0 Å². The first kappa shape index (κ1) is 20.8. The molecule has 0 fully saturated rings. The van der Waals surface area contributed by atoms with Crippen molar-refractivity contribution in [2.75, 3.05) is 22.9 Å². The highest BCUT2D eigenvalue weighted by Gasteiger charge is 2.29. The van der Waals surface area contributed by atoms with Gasteiger partial charge in [0.05, 0.1) is 21.8 Å². The van der Waals surface area contributed by atoms with E-state index in [-0.39, 0.29) is 0 Å². The molecule has 1 aliphatic carbocycles. The van der Waals surface area contributed by atoms with Gasteiger partial charge in [-0.05, 0) is 80.0 Å². The molecule has 3 nitrogen and oxygen atoms in total. The van der Waals surface area contributed by atoms with Gasteiger partial charge in [0.15, 0.2) is 0 Å². The van der Waals surface area contributed by atoms with Gasteiger partial charge in [0, 0.05) is 40.3 Å². The van der Waals surface area contributed by atoms with Gasteiger partial charge in [-0.1, -0.05) is 47.8 Å². The van der Waals surface area contributed by atoms with Crippen molar-refractivity contribution < 1.29 is 0 Å². The summed E-state index contributed by atoms with van der Waals surface area (Å²) >= 11 is 3.83. The van der Waals surface area contributed by atoms with Gasteiger partial charge in [0.1, 0.15) is 0 Å². The predicted molar refractivity (Wildman–Crippen MR) is 143 cm³/mol. The number of nitrogens with one attached hydrogen (secondary N) is 1. The van der Waals surface area contributed by atoms with E-state index in [0.29, 0.717) is 5.37 Å². The summed E-state index contributed by atoms with van der Waals surface area (Å²) in [6.45, 7) is 6.45. The van der Waals surface area contributed by atoms with Crippen LogP contribution >= 0.6 is 23.5 Å². The Kier molecular flexibility index (Phi) is 5.39. The first-order valence-electron chi connectivity index (χ1n) is 11.6. The second kappa shape index (κ2) is 8.54. The fraction of sp³-hybridized carbons (Fsp3) is 0.214. The number of aromatic nitrogens is 1. The number of thioether (sulfide) groups is 2. The summed E-state index contributed by atoms with van der Waals surface area (Å²) in [4.78, 5) is 11.1. The molecule has 3 aromatic rings. The number of likely N-dealkylation sites (N-methyl/N-ethyl adjacent to an activating group) is 1. The molecule has 1 unspecified atom stereocenters. The minimum atomic E-state index is 0.338. The lowest BCUT2D eigenvalue weighted by Crippen LogP contribution is -2.27. The lowest BCUT2D eigenvalue weighted by Gasteiger charge is -2.24. The van der Waals surface area contributed by atoms with Gasteiger partial charge in [-0.2, -0.15) is 0 Å². The second-order valence-electron chi connectivity index (χ2n) is 8.45. The Labute approximate surface area is 204 Å². The van der Waals surface area contributed by atoms with Crippen LogP contribution in [0.1, 0.15) is 25.1 Å². The summed E-state index contributed by atoms with van der Waals surface area (Å²) in [6, 6.07) is 19.7. The highest BCUT2D eigenvalue weighted by atomic mass is 32.2. The number of fused-ring (bicyclic) bond motifs is 3. The summed E-state index contributed by atoms with van der Waals surface area (Å²) in [7, 11) is 0. The molecule has 3 aliphatic rings. The number of para-hydroxylation sites is 2. The van der Waals surface area contributed by atoms with Crippen LogP contribution in [0.4, 0.5) is 11.4 Å². The molecule has 0 amide bonds. The van der Waals surface area contributed by atoms with Crippen LogP contribution in [-0.2, 0) is 6.42 Å². The van der Waals surface area contributed by atoms with Gasteiger partial charge in [0.2, 0.25) is 0 Å². The van der Waals surface area contributed by atoms with E-state index in [2.05, 4.69) is 108 Å². The van der Waals surface area contributed by atoms with Crippen LogP contribution in [0.3, 0.4) is 0 Å². The Morgan fingerprint density at radius 2 is 1.76 bits per heavy atom. The zero-order chi connectivity index (χ0) is 22.4. The zero-order valence-corrected chi connectivity index (χ0v) is 20.5. The standard InChI is InChI=1S/C28H27N3S2/c1-3-30-22-9-5-7-11-24(22)32-26(30)17-19-15-20-13-14-29-28(20)21(16-19)18-27-31(4-2)23-10-6-8-12-25(23)33-27/h5-14,16-18,26,29H,3-4,15H2,1-2H3.